The second kappa shape index (κ2) is 7.01. The summed E-state index contributed by atoms with van der Waals surface area (Å²) in [5.74, 6) is 0.697. The zero-order chi connectivity index (χ0) is 12.7. The predicted octanol–water partition coefficient (Wildman–Crippen LogP) is 2.50. The maximum Gasteiger partial charge on any atom is 0.143 e. The number of rotatable bonds is 7. The lowest BCUT2D eigenvalue weighted by atomic mass is 10.1. The summed E-state index contributed by atoms with van der Waals surface area (Å²) < 4.78 is 10.4. The number of nitrogens with one attached hydrogen (secondary N) is 1. The molecule has 1 unspecified atom stereocenters. The number of hydrogen-bond donors (Lipinski definition) is 2. The summed E-state index contributed by atoms with van der Waals surface area (Å²) in [7, 11) is 3.33. The third kappa shape index (κ3) is 3.82. The van der Waals surface area contributed by atoms with Crippen LogP contribution in [0, 0.1) is 0 Å². The molecule has 0 aliphatic heterocycles. The maximum atomic E-state index is 6.01. The number of benzene rings is 1. The van der Waals surface area contributed by atoms with Gasteiger partial charge in [-0.1, -0.05) is 19.4 Å². The van der Waals surface area contributed by atoms with Crippen LogP contribution < -0.4 is 15.8 Å². The molecule has 1 atom stereocenters. The summed E-state index contributed by atoms with van der Waals surface area (Å²) >= 11 is 0. The van der Waals surface area contributed by atoms with Crippen molar-refractivity contribution in [3.05, 3.63) is 18.2 Å². The molecule has 1 rings (SSSR count). The van der Waals surface area contributed by atoms with Gasteiger partial charge in [-0.05, 0) is 18.6 Å². The molecule has 0 saturated carbocycles. The van der Waals surface area contributed by atoms with Gasteiger partial charge < -0.3 is 20.5 Å². The van der Waals surface area contributed by atoms with Gasteiger partial charge >= 0.3 is 0 Å². The Morgan fingerprint density at radius 2 is 2.12 bits per heavy atom. The van der Waals surface area contributed by atoms with Crippen LogP contribution in [0.3, 0.4) is 0 Å². The van der Waals surface area contributed by atoms with E-state index in [-0.39, 0.29) is 6.04 Å². The Labute approximate surface area is 103 Å². The van der Waals surface area contributed by atoms with Gasteiger partial charge in [0, 0.05) is 13.2 Å². The van der Waals surface area contributed by atoms with Gasteiger partial charge in [0.15, 0.2) is 0 Å². The summed E-state index contributed by atoms with van der Waals surface area (Å²) in [6.07, 6.45) is 2.15. The Kier molecular flexibility index (Phi) is 5.63. The third-order valence-electron chi connectivity index (χ3n) is 2.65. The van der Waals surface area contributed by atoms with Crippen LogP contribution in [0.2, 0.25) is 0 Å². The quantitative estimate of drug-likeness (QED) is 0.717. The first-order valence-corrected chi connectivity index (χ1v) is 5.90. The molecule has 0 bridgehead atoms. The van der Waals surface area contributed by atoms with Gasteiger partial charge in [-0.25, -0.2) is 0 Å². The van der Waals surface area contributed by atoms with Crippen LogP contribution in [0.1, 0.15) is 19.8 Å². The standard InChI is InChI=1S/C13H22N2O2/c1-4-6-10(9-16-2)15-11-7-5-8-12(17-3)13(11)14/h5,7-8,10,15H,4,6,9,14H2,1-3H3. The summed E-state index contributed by atoms with van der Waals surface area (Å²) in [5, 5.41) is 3.39. The van der Waals surface area contributed by atoms with E-state index in [1.165, 1.54) is 0 Å². The Morgan fingerprint density at radius 3 is 2.71 bits per heavy atom. The van der Waals surface area contributed by atoms with E-state index in [1.54, 1.807) is 14.2 Å². The fraction of sp³-hybridized carbons (Fsp3) is 0.538. The van der Waals surface area contributed by atoms with Gasteiger partial charge in [0.1, 0.15) is 5.75 Å². The molecule has 0 amide bonds. The lowest BCUT2D eigenvalue weighted by Gasteiger charge is -2.20. The average molecular weight is 238 g/mol. The van der Waals surface area contributed by atoms with Crippen LogP contribution in [0.15, 0.2) is 18.2 Å². The van der Waals surface area contributed by atoms with Crippen molar-refractivity contribution in [2.45, 2.75) is 25.8 Å². The van der Waals surface area contributed by atoms with E-state index in [0.717, 1.165) is 18.5 Å². The van der Waals surface area contributed by atoms with E-state index in [1.807, 2.05) is 18.2 Å². The highest BCUT2D eigenvalue weighted by Gasteiger charge is 2.11. The smallest absolute Gasteiger partial charge is 0.143 e. The number of ether oxygens (including phenoxy) is 2. The lowest BCUT2D eigenvalue weighted by Crippen LogP contribution is -2.25. The molecular weight excluding hydrogens is 216 g/mol. The molecular formula is C13H22N2O2. The van der Waals surface area contributed by atoms with E-state index in [2.05, 4.69) is 12.2 Å². The Balaban J connectivity index is 2.77. The molecule has 4 nitrogen and oxygen atoms in total. The topological polar surface area (TPSA) is 56.5 Å². The zero-order valence-corrected chi connectivity index (χ0v) is 10.8. The molecule has 0 aliphatic carbocycles. The molecule has 0 aromatic heterocycles. The fourth-order valence-corrected chi connectivity index (χ4v) is 1.81. The van der Waals surface area contributed by atoms with Crippen molar-refractivity contribution in [3.63, 3.8) is 0 Å². The third-order valence-corrected chi connectivity index (χ3v) is 2.65. The van der Waals surface area contributed by atoms with Crippen molar-refractivity contribution in [2.75, 3.05) is 31.9 Å². The number of anilines is 2. The highest BCUT2D eigenvalue weighted by Crippen LogP contribution is 2.29. The van der Waals surface area contributed by atoms with Crippen LogP contribution in [-0.4, -0.2) is 26.9 Å². The first-order valence-electron chi connectivity index (χ1n) is 5.90. The lowest BCUT2D eigenvalue weighted by molar-refractivity contribution is 0.182. The minimum Gasteiger partial charge on any atom is -0.495 e. The van der Waals surface area contributed by atoms with Crippen molar-refractivity contribution in [3.8, 4) is 5.75 Å². The molecule has 1 aromatic carbocycles. The van der Waals surface area contributed by atoms with E-state index >= 15 is 0 Å². The second-order valence-corrected chi connectivity index (χ2v) is 4.01. The molecule has 0 spiro atoms. The number of hydrogen-bond acceptors (Lipinski definition) is 4. The van der Waals surface area contributed by atoms with Gasteiger partial charge in [-0.3, -0.25) is 0 Å². The van der Waals surface area contributed by atoms with Crippen LogP contribution >= 0.6 is 0 Å². The van der Waals surface area contributed by atoms with Crippen LogP contribution in [0.25, 0.3) is 0 Å². The highest BCUT2D eigenvalue weighted by molar-refractivity contribution is 5.73. The Morgan fingerprint density at radius 1 is 1.35 bits per heavy atom. The van der Waals surface area contributed by atoms with Gasteiger partial charge in [0.25, 0.3) is 0 Å². The average Bonchev–Trinajstić information content (AvgIpc) is 2.32. The van der Waals surface area contributed by atoms with Crippen molar-refractivity contribution >= 4 is 11.4 Å². The Bertz CT molecular complexity index is 336. The van der Waals surface area contributed by atoms with Gasteiger partial charge in [-0.15, -0.1) is 0 Å². The maximum absolute atomic E-state index is 6.01. The van der Waals surface area contributed by atoms with Crippen molar-refractivity contribution in [1.82, 2.24) is 0 Å². The van der Waals surface area contributed by atoms with E-state index in [0.29, 0.717) is 18.0 Å². The monoisotopic (exact) mass is 238 g/mol. The van der Waals surface area contributed by atoms with E-state index in [4.69, 9.17) is 15.2 Å². The minimum absolute atomic E-state index is 0.277. The van der Waals surface area contributed by atoms with E-state index < -0.39 is 0 Å². The number of methoxy groups -OCH3 is 2. The first-order chi connectivity index (χ1) is 8.22. The number of nitrogens with two attached hydrogens (primary N) is 1. The Hall–Kier alpha value is -1.42. The largest absolute Gasteiger partial charge is 0.495 e. The second-order valence-electron chi connectivity index (χ2n) is 4.01. The highest BCUT2D eigenvalue weighted by atomic mass is 16.5. The molecule has 0 heterocycles. The molecule has 0 saturated heterocycles. The number of nitrogen functional groups attached to an aromatic ring is 1. The summed E-state index contributed by atoms with van der Waals surface area (Å²) in [5.41, 5.74) is 7.55. The fourth-order valence-electron chi connectivity index (χ4n) is 1.81. The normalized spacial score (nSPS) is 12.2. The molecule has 4 heteroatoms. The molecule has 0 aliphatic rings. The van der Waals surface area contributed by atoms with Gasteiger partial charge in [0.2, 0.25) is 0 Å². The summed E-state index contributed by atoms with van der Waals surface area (Å²) in [6, 6.07) is 6.01. The van der Waals surface area contributed by atoms with Crippen LogP contribution in [0.5, 0.6) is 5.75 Å². The summed E-state index contributed by atoms with van der Waals surface area (Å²) in [4.78, 5) is 0. The number of para-hydroxylation sites is 1. The predicted molar refractivity (Wildman–Crippen MR) is 71.6 cm³/mol. The zero-order valence-electron chi connectivity index (χ0n) is 10.8. The first kappa shape index (κ1) is 13.6. The van der Waals surface area contributed by atoms with Crippen molar-refractivity contribution in [2.24, 2.45) is 0 Å². The molecule has 1 aromatic rings. The van der Waals surface area contributed by atoms with Crippen LogP contribution in [-0.2, 0) is 4.74 Å². The SMILES string of the molecule is CCCC(COC)Nc1cccc(OC)c1N. The molecule has 17 heavy (non-hydrogen) atoms. The molecule has 96 valence electrons. The van der Waals surface area contributed by atoms with Gasteiger partial charge in [-0.2, -0.15) is 0 Å². The summed E-state index contributed by atoms with van der Waals surface area (Å²) in [6.45, 7) is 2.82. The molecule has 3 N–H and O–H groups in total. The van der Waals surface area contributed by atoms with Crippen molar-refractivity contribution in [1.29, 1.82) is 0 Å². The van der Waals surface area contributed by atoms with Gasteiger partial charge in [0.05, 0.1) is 25.1 Å². The van der Waals surface area contributed by atoms with Crippen molar-refractivity contribution < 1.29 is 9.47 Å². The van der Waals surface area contributed by atoms with E-state index in [9.17, 15) is 0 Å². The molecule has 0 radical (unpaired) electrons. The molecule has 0 fully saturated rings. The van der Waals surface area contributed by atoms with Crippen LogP contribution in [0.4, 0.5) is 11.4 Å². The minimum atomic E-state index is 0.277.